The lowest BCUT2D eigenvalue weighted by molar-refractivity contribution is 0.101. The van der Waals surface area contributed by atoms with E-state index in [1.165, 1.54) is 12.1 Å². The van der Waals surface area contributed by atoms with E-state index in [-0.39, 0.29) is 18.1 Å². The number of rotatable bonds is 6. The van der Waals surface area contributed by atoms with E-state index in [1.807, 2.05) is 24.5 Å². The van der Waals surface area contributed by atoms with Crippen LogP contribution in [0.1, 0.15) is 21.7 Å². The molecule has 0 aliphatic heterocycles. The van der Waals surface area contributed by atoms with Gasteiger partial charge in [0, 0.05) is 27.7 Å². The number of benzene rings is 2. The summed E-state index contributed by atoms with van der Waals surface area (Å²) in [5.74, 6) is 0.264. The molecule has 0 radical (unpaired) electrons. The predicted octanol–water partition coefficient (Wildman–Crippen LogP) is 5.19. The number of Topliss-reactive ketones (excluding diaryl/α,β-unsaturated/α-hetero) is 1. The van der Waals surface area contributed by atoms with Crippen LogP contribution in [0.15, 0.2) is 48.5 Å². The number of methoxy groups -OCH3 is 1. The maximum Gasteiger partial charge on any atom is 0.183 e. The second-order valence-electron chi connectivity index (χ2n) is 6.22. The summed E-state index contributed by atoms with van der Waals surface area (Å²) in [7, 11) is 1.56. The van der Waals surface area contributed by atoms with E-state index in [0.29, 0.717) is 22.0 Å². The second kappa shape index (κ2) is 7.84. The number of ether oxygens (including phenoxy) is 1. The Labute approximate surface area is 162 Å². The summed E-state index contributed by atoms with van der Waals surface area (Å²) >= 11 is 6.02. The summed E-state index contributed by atoms with van der Waals surface area (Å²) in [6.07, 6.45) is 0. The summed E-state index contributed by atoms with van der Waals surface area (Å²) in [6.45, 7) is 3.90. The van der Waals surface area contributed by atoms with Gasteiger partial charge in [-0.2, -0.15) is 0 Å². The van der Waals surface area contributed by atoms with Crippen LogP contribution < -0.4 is 10.1 Å². The number of carbonyl (C=O) groups excluding carboxylic acids is 1. The largest absolute Gasteiger partial charge is 0.495 e. The smallest absolute Gasteiger partial charge is 0.183 e. The zero-order chi connectivity index (χ0) is 19.6. The highest BCUT2D eigenvalue weighted by Gasteiger charge is 2.17. The van der Waals surface area contributed by atoms with Crippen molar-refractivity contribution in [2.75, 3.05) is 19.0 Å². The fraction of sp³-hybridized carbons (Fsp3) is 0.190. The fourth-order valence-corrected chi connectivity index (χ4v) is 3.29. The summed E-state index contributed by atoms with van der Waals surface area (Å²) in [5.41, 5.74) is 3.80. The standard InChI is InChI=1S/C21H20ClFN2O2/c1-13-10-18(14(2)25(13)17-7-5-16(23)6-8-17)20(26)12-24-19-11-15(22)4-9-21(19)27-3/h4-11,24H,12H2,1-3H3. The number of halogens is 2. The average Bonchev–Trinajstić information content (AvgIpc) is 2.95. The van der Waals surface area contributed by atoms with Gasteiger partial charge in [0.2, 0.25) is 0 Å². The van der Waals surface area contributed by atoms with Crippen LogP contribution in [0.4, 0.5) is 10.1 Å². The second-order valence-corrected chi connectivity index (χ2v) is 6.65. The van der Waals surface area contributed by atoms with Gasteiger partial charge in [-0.15, -0.1) is 0 Å². The molecule has 1 N–H and O–H groups in total. The molecule has 0 unspecified atom stereocenters. The van der Waals surface area contributed by atoms with E-state index in [4.69, 9.17) is 16.3 Å². The Kier molecular flexibility index (Phi) is 5.51. The SMILES string of the molecule is COc1ccc(Cl)cc1NCC(=O)c1cc(C)n(-c2ccc(F)cc2)c1C. The van der Waals surface area contributed by atoms with Crippen LogP contribution in [-0.2, 0) is 0 Å². The van der Waals surface area contributed by atoms with Gasteiger partial charge >= 0.3 is 0 Å². The molecule has 27 heavy (non-hydrogen) atoms. The van der Waals surface area contributed by atoms with Gasteiger partial charge in [0.15, 0.2) is 5.78 Å². The molecule has 2 aromatic carbocycles. The van der Waals surface area contributed by atoms with Crippen LogP contribution in [0.5, 0.6) is 5.75 Å². The molecule has 1 aromatic heterocycles. The first-order valence-electron chi connectivity index (χ1n) is 8.46. The monoisotopic (exact) mass is 386 g/mol. The lowest BCUT2D eigenvalue weighted by Gasteiger charge is -2.12. The quantitative estimate of drug-likeness (QED) is 0.593. The molecule has 1 heterocycles. The van der Waals surface area contributed by atoms with Crippen molar-refractivity contribution in [2.45, 2.75) is 13.8 Å². The van der Waals surface area contributed by atoms with Gasteiger partial charge in [-0.05, 0) is 62.4 Å². The highest BCUT2D eigenvalue weighted by atomic mass is 35.5. The van der Waals surface area contributed by atoms with Gasteiger partial charge in [0.1, 0.15) is 11.6 Å². The van der Waals surface area contributed by atoms with Crippen LogP contribution >= 0.6 is 11.6 Å². The topological polar surface area (TPSA) is 43.3 Å². The number of aromatic nitrogens is 1. The van der Waals surface area contributed by atoms with Crippen molar-refractivity contribution in [1.29, 1.82) is 0 Å². The van der Waals surface area contributed by atoms with Crippen LogP contribution in [0, 0.1) is 19.7 Å². The Morgan fingerprint density at radius 3 is 2.52 bits per heavy atom. The van der Waals surface area contributed by atoms with E-state index in [0.717, 1.165) is 17.1 Å². The minimum atomic E-state index is -0.294. The fourth-order valence-electron chi connectivity index (χ4n) is 3.12. The van der Waals surface area contributed by atoms with E-state index < -0.39 is 0 Å². The van der Waals surface area contributed by atoms with Gasteiger partial charge in [0.25, 0.3) is 0 Å². The van der Waals surface area contributed by atoms with Crippen LogP contribution in [0.25, 0.3) is 5.69 Å². The molecule has 0 amide bonds. The van der Waals surface area contributed by atoms with Crippen molar-refractivity contribution in [3.8, 4) is 11.4 Å². The molecule has 3 aromatic rings. The van der Waals surface area contributed by atoms with E-state index in [9.17, 15) is 9.18 Å². The van der Waals surface area contributed by atoms with Crippen LogP contribution in [-0.4, -0.2) is 24.0 Å². The Morgan fingerprint density at radius 1 is 1.15 bits per heavy atom. The number of hydrogen-bond acceptors (Lipinski definition) is 3. The molecule has 0 saturated heterocycles. The number of hydrogen-bond donors (Lipinski definition) is 1. The van der Waals surface area contributed by atoms with Crippen molar-refractivity contribution in [3.63, 3.8) is 0 Å². The molecule has 0 fully saturated rings. The molecular weight excluding hydrogens is 367 g/mol. The third kappa shape index (κ3) is 3.98. The van der Waals surface area contributed by atoms with E-state index in [2.05, 4.69) is 5.32 Å². The van der Waals surface area contributed by atoms with Crippen LogP contribution in [0.3, 0.4) is 0 Å². The van der Waals surface area contributed by atoms with E-state index >= 15 is 0 Å². The molecule has 0 spiro atoms. The average molecular weight is 387 g/mol. The van der Waals surface area contributed by atoms with Crippen molar-refractivity contribution < 1.29 is 13.9 Å². The van der Waals surface area contributed by atoms with Crippen molar-refractivity contribution in [1.82, 2.24) is 4.57 Å². The van der Waals surface area contributed by atoms with Crippen molar-refractivity contribution in [2.24, 2.45) is 0 Å². The summed E-state index contributed by atoms with van der Waals surface area (Å²) in [5, 5.41) is 3.64. The van der Waals surface area contributed by atoms with Gasteiger partial charge in [-0.1, -0.05) is 11.6 Å². The molecule has 6 heteroatoms. The highest BCUT2D eigenvalue weighted by Crippen LogP contribution is 2.28. The maximum absolute atomic E-state index is 13.2. The Morgan fingerprint density at radius 2 is 1.85 bits per heavy atom. The molecule has 0 atom stereocenters. The van der Waals surface area contributed by atoms with Gasteiger partial charge in [0.05, 0.1) is 19.3 Å². The van der Waals surface area contributed by atoms with Crippen molar-refractivity contribution >= 4 is 23.1 Å². The minimum Gasteiger partial charge on any atom is -0.495 e. The van der Waals surface area contributed by atoms with Gasteiger partial charge in [-0.3, -0.25) is 4.79 Å². The van der Waals surface area contributed by atoms with Gasteiger partial charge in [-0.25, -0.2) is 4.39 Å². The summed E-state index contributed by atoms with van der Waals surface area (Å²) in [4.78, 5) is 12.8. The van der Waals surface area contributed by atoms with E-state index in [1.54, 1.807) is 37.4 Å². The summed E-state index contributed by atoms with van der Waals surface area (Å²) in [6, 6.07) is 13.2. The van der Waals surface area contributed by atoms with Crippen LogP contribution in [0.2, 0.25) is 5.02 Å². The molecule has 0 saturated carbocycles. The normalized spacial score (nSPS) is 10.7. The number of ketones is 1. The van der Waals surface area contributed by atoms with Crippen molar-refractivity contribution in [3.05, 3.63) is 76.3 Å². The van der Waals surface area contributed by atoms with Gasteiger partial charge < -0.3 is 14.6 Å². The lowest BCUT2D eigenvalue weighted by Crippen LogP contribution is -2.15. The molecule has 0 bridgehead atoms. The number of aryl methyl sites for hydroxylation is 1. The number of nitrogens with zero attached hydrogens (tertiary/aromatic N) is 1. The summed E-state index contributed by atoms with van der Waals surface area (Å²) < 4.78 is 20.4. The molecular formula is C21H20ClFN2O2. The number of anilines is 1. The maximum atomic E-state index is 13.2. The first-order chi connectivity index (χ1) is 12.9. The Balaban J connectivity index is 1.83. The molecule has 3 rings (SSSR count). The highest BCUT2D eigenvalue weighted by molar-refractivity contribution is 6.31. The molecule has 4 nitrogen and oxygen atoms in total. The zero-order valence-corrected chi connectivity index (χ0v) is 16.1. The molecule has 0 aliphatic rings. The Hall–Kier alpha value is -2.79. The minimum absolute atomic E-state index is 0.0570. The first kappa shape index (κ1) is 19.0. The zero-order valence-electron chi connectivity index (χ0n) is 15.3. The Bertz CT molecular complexity index is 981. The lowest BCUT2D eigenvalue weighted by atomic mass is 10.1. The first-order valence-corrected chi connectivity index (χ1v) is 8.84. The number of carbonyl (C=O) groups is 1. The molecule has 140 valence electrons. The third-order valence-electron chi connectivity index (χ3n) is 4.42. The number of nitrogens with one attached hydrogen (secondary N) is 1. The predicted molar refractivity (Wildman–Crippen MR) is 106 cm³/mol. The molecule has 0 aliphatic carbocycles. The third-order valence-corrected chi connectivity index (χ3v) is 4.65.